The predicted molar refractivity (Wildman–Crippen MR) is 66.2 cm³/mol. The molecule has 1 aromatic carbocycles. The van der Waals surface area contributed by atoms with Crippen molar-refractivity contribution in [2.75, 3.05) is 0 Å². The molecule has 0 aromatic heterocycles. The molecule has 0 bridgehead atoms. The number of hydrogen-bond acceptors (Lipinski definition) is 2. The van der Waals surface area contributed by atoms with Crippen molar-refractivity contribution in [1.29, 1.82) is 0 Å². The van der Waals surface area contributed by atoms with Crippen molar-refractivity contribution in [3.8, 4) is 0 Å². The monoisotopic (exact) mass is 279 g/mol. The fourth-order valence-electron chi connectivity index (χ4n) is 1.27. The van der Waals surface area contributed by atoms with Gasteiger partial charge in [-0.1, -0.05) is 18.2 Å². The lowest BCUT2D eigenvalue weighted by molar-refractivity contribution is 0.107. The van der Waals surface area contributed by atoms with Gasteiger partial charge in [0.25, 0.3) is 6.43 Å². The van der Waals surface area contributed by atoms with E-state index in [2.05, 4.69) is 4.72 Å². The maximum absolute atomic E-state index is 13.5. The smallest absolute Gasteiger partial charge is 0.262 e. The van der Waals surface area contributed by atoms with Crippen LogP contribution >= 0.6 is 0 Å². The van der Waals surface area contributed by atoms with Gasteiger partial charge in [0.1, 0.15) is 16.6 Å². The molecule has 0 aliphatic rings. The van der Waals surface area contributed by atoms with E-state index in [1.807, 2.05) is 0 Å². The molecule has 0 fully saturated rings. The fraction of sp³-hybridized carbons (Fsp3) is 0.500. The number of benzene rings is 1. The molecule has 0 saturated heterocycles. The van der Waals surface area contributed by atoms with E-state index in [0.29, 0.717) is 0 Å². The first kappa shape index (κ1) is 15.3. The number of alkyl halides is 2. The minimum absolute atomic E-state index is 0.176. The summed E-state index contributed by atoms with van der Waals surface area (Å²) in [4.78, 5) is 0. The van der Waals surface area contributed by atoms with E-state index in [1.54, 1.807) is 20.8 Å². The molecule has 0 heterocycles. The van der Waals surface area contributed by atoms with Gasteiger partial charge < -0.3 is 4.55 Å². The van der Waals surface area contributed by atoms with Gasteiger partial charge in [0, 0.05) is 16.9 Å². The Morgan fingerprint density at radius 1 is 1.22 bits per heavy atom. The van der Waals surface area contributed by atoms with E-state index < -0.39 is 34.4 Å². The molecule has 6 heteroatoms. The first-order valence-electron chi connectivity index (χ1n) is 5.44. The summed E-state index contributed by atoms with van der Waals surface area (Å²) >= 11 is -1.69. The third-order valence-corrected chi connectivity index (χ3v) is 3.86. The van der Waals surface area contributed by atoms with Gasteiger partial charge in [-0.05, 0) is 26.8 Å². The molecule has 1 N–H and O–H groups in total. The van der Waals surface area contributed by atoms with Gasteiger partial charge in [0.05, 0.1) is 0 Å². The van der Waals surface area contributed by atoms with E-state index >= 15 is 0 Å². The topological polar surface area (TPSA) is 35.1 Å². The standard InChI is InChI=1S/C12H16F3NOS/c1-12(2,3)18(17)16-10(11(14)15)8-6-4-5-7-9(8)13/h4-7,10-11,16H,1-3H3/t10-,18-/m1/s1. The van der Waals surface area contributed by atoms with E-state index in [-0.39, 0.29) is 5.56 Å². The molecule has 2 nitrogen and oxygen atoms in total. The lowest BCUT2D eigenvalue weighted by atomic mass is 10.1. The minimum atomic E-state index is -2.84. The normalized spacial score (nSPS) is 15.8. The number of hydrogen-bond donors (Lipinski definition) is 1. The average molecular weight is 279 g/mol. The Balaban J connectivity index is 2.95. The van der Waals surface area contributed by atoms with Crippen LogP contribution in [-0.2, 0) is 11.4 Å². The van der Waals surface area contributed by atoms with Gasteiger partial charge in [-0.3, -0.25) is 0 Å². The van der Waals surface area contributed by atoms with Gasteiger partial charge in [0.2, 0.25) is 0 Å². The van der Waals surface area contributed by atoms with Gasteiger partial charge in [0.15, 0.2) is 0 Å². The second kappa shape index (κ2) is 5.95. The highest BCUT2D eigenvalue weighted by atomic mass is 32.2. The SMILES string of the molecule is CC(C)(C)[S@@+]([O-])N[C@H](c1ccccc1F)C(F)F. The minimum Gasteiger partial charge on any atom is -0.598 e. The third kappa shape index (κ3) is 3.90. The second-order valence-electron chi connectivity index (χ2n) is 4.83. The van der Waals surface area contributed by atoms with Gasteiger partial charge in [-0.25, -0.2) is 13.2 Å². The zero-order valence-electron chi connectivity index (χ0n) is 10.4. The molecule has 0 amide bonds. The lowest BCUT2D eigenvalue weighted by Gasteiger charge is -2.27. The van der Waals surface area contributed by atoms with Crippen LogP contribution in [0.5, 0.6) is 0 Å². The summed E-state index contributed by atoms with van der Waals surface area (Å²) in [7, 11) is 0. The van der Waals surface area contributed by atoms with Crippen LogP contribution in [0.2, 0.25) is 0 Å². The highest BCUT2D eigenvalue weighted by Crippen LogP contribution is 2.26. The van der Waals surface area contributed by atoms with Crippen molar-refractivity contribution in [2.24, 2.45) is 0 Å². The molecule has 0 saturated carbocycles. The molecule has 1 aromatic rings. The van der Waals surface area contributed by atoms with Gasteiger partial charge >= 0.3 is 0 Å². The summed E-state index contributed by atoms with van der Waals surface area (Å²) in [5.74, 6) is -0.735. The van der Waals surface area contributed by atoms with Crippen LogP contribution in [0.25, 0.3) is 0 Å². The zero-order chi connectivity index (χ0) is 13.9. The average Bonchev–Trinajstić information content (AvgIpc) is 2.25. The summed E-state index contributed by atoms with van der Waals surface area (Å²) in [5.41, 5.74) is -0.176. The summed E-state index contributed by atoms with van der Waals surface area (Å²) in [6.45, 7) is 4.96. The highest BCUT2D eigenvalue weighted by molar-refractivity contribution is 7.90. The molecular formula is C12H16F3NOS. The molecule has 0 aliphatic carbocycles. The highest BCUT2D eigenvalue weighted by Gasteiger charge is 2.35. The van der Waals surface area contributed by atoms with Crippen LogP contribution in [0.1, 0.15) is 32.4 Å². The molecule has 0 radical (unpaired) electrons. The second-order valence-corrected chi connectivity index (χ2v) is 6.83. The van der Waals surface area contributed by atoms with Crippen molar-refractivity contribution < 1.29 is 17.7 Å². The maximum Gasteiger partial charge on any atom is 0.262 e. The Bertz CT molecular complexity index is 395. The lowest BCUT2D eigenvalue weighted by Crippen LogP contribution is -2.43. The quantitative estimate of drug-likeness (QED) is 0.859. The largest absolute Gasteiger partial charge is 0.598 e. The Hall–Kier alpha value is -0.720. The Morgan fingerprint density at radius 3 is 2.22 bits per heavy atom. The first-order chi connectivity index (χ1) is 8.23. The van der Waals surface area contributed by atoms with Gasteiger partial charge in [-0.2, -0.15) is 0 Å². The van der Waals surface area contributed by atoms with Crippen LogP contribution in [0.4, 0.5) is 13.2 Å². The summed E-state index contributed by atoms with van der Waals surface area (Å²) in [5, 5.41) is 0. The van der Waals surface area contributed by atoms with Crippen molar-refractivity contribution >= 4 is 11.4 Å². The molecule has 18 heavy (non-hydrogen) atoms. The maximum atomic E-state index is 13.5. The van der Waals surface area contributed by atoms with Crippen LogP contribution in [0, 0.1) is 5.82 Å². The van der Waals surface area contributed by atoms with Gasteiger partial charge in [-0.15, -0.1) is 4.72 Å². The van der Waals surface area contributed by atoms with E-state index in [1.165, 1.54) is 18.2 Å². The number of nitrogens with one attached hydrogen (secondary N) is 1. The Kier molecular flexibility index (Phi) is 5.07. The number of halogens is 3. The molecule has 2 atom stereocenters. The van der Waals surface area contributed by atoms with Crippen molar-refractivity contribution in [1.82, 2.24) is 4.72 Å². The molecule has 102 valence electrons. The number of rotatable bonds is 4. The third-order valence-electron chi connectivity index (χ3n) is 2.28. The molecular weight excluding hydrogens is 263 g/mol. The molecule has 0 aliphatic heterocycles. The van der Waals surface area contributed by atoms with Crippen molar-refractivity contribution in [3.05, 3.63) is 35.6 Å². The van der Waals surface area contributed by atoms with Crippen LogP contribution < -0.4 is 4.72 Å². The zero-order valence-corrected chi connectivity index (χ0v) is 11.2. The molecule has 0 unspecified atom stereocenters. The van der Waals surface area contributed by atoms with Crippen LogP contribution in [0.15, 0.2) is 24.3 Å². The van der Waals surface area contributed by atoms with E-state index in [4.69, 9.17) is 0 Å². The Morgan fingerprint density at radius 2 is 1.78 bits per heavy atom. The Labute approximate surface area is 108 Å². The fourth-order valence-corrected chi connectivity index (χ4v) is 2.08. The molecule has 0 spiro atoms. The first-order valence-corrected chi connectivity index (χ1v) is 6.59. The predicted octanol–water partition coefficient (Wildman–Crippen LogP) is 3.18. The molecule has 1 rings (SSSR count). The summed E-state index contributed by atoms with van der Waals surface area (Å²) < 4.78 is 52.8. The van der Waals surface area contributed by atoms with Crippen molar-refractivity contribution in [3.63, 3.8) is 0 Å². The van der Waals surface area contributed by atoms with E-state index in [0.717, 1.165) is 6.07 Å². The van der Waals surface area contributed by atoms with Crippen molar-refractivity contribution in [2.45, 2.75) is 38.0 Å². The van der Waals surface area contributed by atoms with E-state index in [9.17, 15) is 17.7 Å². The van der Waals surface area contributed by atoms with Crippen LogP contribution in [0.3, 0.4) is 0 Å². The summed E-state index contributed by atoms with van der Waals surface area (Å²) in [6.07, 6.45) is -2.84. The summed E-state index contributed by atoms with van der Waals surface area (Å²) in [6, 6.07) is 3.68. The van der Waals surface area contributed by atoms with Crippen LogP contribution in [-0.4, -0.2) is 15.7 Å².